The standard InChI is InChI=1S/C18H20F2N2O3/c1-22(10-12-4-5-13(19)8-15(12)20)11-18(23)21-16-7-6-14(24-2)9-17(16)25-3/h4-9H,10-11H2,1-3H3,(H,21,23). The minimum absolute atomic E-state index is 0.0337. The third-order valence-electron chi connectivity index (χ3n) is 3.55. The summed E-state index contributed by atoms with van der Waals surface area (Å²) in [5.74, 6) is -0.468. The first-order valence-corrected chi connectivity index (χ1v) is 7.57. The Hall–Kier alpha value is -2.67. The molecule has 0 heterocycles. The van der Waals surface area contributed by atoms with Crippen molar-refractivity contribution in [1.82, 2.24) is 4.90 Å². The lowest BCUT2D eigenvalue weighted by Gasteiger charge is -2.17. The molecule has 0 radical (unpaired) electrons. The highest BCUT2D eigenvalue weighted by Crippen LogP contribution is 2.28. The van der Waals surface area contributed by atoms with E-state index in [0.29, 0.717) is 22.7 Å². The van der Waals surface area contributed by atoms with Crippen molar-refractivity contribution in [2.24, 2.45) is 0 Å². The van der Waals surface area contributed by atoms with Gasteiger partial charge in [-0.1, -0.05) is 6.07 Å². The Morgan fingerprint density at radius 3 is 2.52 bits per heavy atom. The Kier molecular flexibility index (Phi) is 6.30. The van der Waals surface area contributed by atoms with Crippen LogP contribution in [0.5, 0.6) is 11.5 Å². The number of carbonyl (C=O) groups excluding carboxylic acids is 1. The molecule has 0 aliphatic rings. The minimum Gasteiger partial charge on any atom is -0.497 e. The molecule has 0 saturated heterocycles. The van der Waals surface area contributed by atoms with Crippen LogP contribution in [0.1, 0.15) is 5.56 Å². The fourth-order valence-corrected chi connectivity index (χ4v) is 2.33. The summed E-state index contributed by atoms with van der Waals surface area (Å²) in [5, 5.41) is 2.74. The summed E-state index contributed by atoms with van der Waals surface area (Å²) in [5.41, 5.74) is 0.827. The van der Waals surface area contributed by atoms with Crippen LogP contribution in [0.2, 0.25) is 0 Å². The number of ether oxygens (including phenoxy) is 2. The largest absolute Gasteiger partial charge is 0.497 e. The molecule has 2 aromatic carbocycles. The molecule has 0 fully saturated rings. The molecular formula is C18H20F2N2O3. The fraction of sp³-hybridized carbons (Fsp3) is 0.278. The average Bonchev–Trinajstić information content (AvgIpc) is 2.57. The zero-order chi connectivity index (χ0) is 18.4. The number of nitrogens with one attached hydrogen (secondary N) is 1. The molecule has 1 N–H and O–H groups in total. The van der Waals surface area contributed by atoms with Gasteiger partial charge >= 0.3 is 0 Å². The number of nitrogens with zero attached hydrogens (tertiary/aromatic N) is 1. The number of halogens is 2. The van der Waals surface area contributed by atoms with E-state index in [9.17, 15) is 13.6 Å². The summed E-state index contributed by atoms with van der Waals surface area (Å²) in [7, 11) is 4.71. The lowest BCUT2D eigenvalue weighted by Crippen LogP contribution is -2.30. The number of methoxy groups -OCH3 is 2. The van der Waals surface area contributed by atoms with Gasteiger partial charge in [0.1, 0.15) is 23.1 Å². The molecule has 0 saturated carbocycles. The van der Waals surface area contributed by atoms with Gasteiger partial charge in [0.15, 0.2) is 0 Å². The van der Waals surface area contributed by atoms with Crippen molar-refractivity contribution in [3.63, 3.8) is 0 Å². The van der Waals surface area contributed by atoms with Crippen LogP contribution in [0.25, 0.3) is 0 Å². The van der Waals surface area contributed by atoms with Gasteiger partial charge < -0.3 is 14.8 Å². The molecule has 0 aliphatic carbocycles. The molecule has 2 rings (SSSR count). The summed E-state index contributed by atoms with van der Waals surface area (Å²) in [6.45, 7) is 0.214. The molecule has 25 heavy (non-hydrogen) atoms. The van der Waals surface area contributed by atoms with Crippen molar-refractivity contribution in [2.45, 2.75) is 6.54 Å². The van der Waals surface area contributed by atoms with Crippen LogP contribution in [0, 0.1) is 11.6 Å². The van der Waals surface area contributed by atoms with Crippen molar-refractivity contribution >= 4 is 11.6 Å². The van der Waals surface area contributed by atoms with Gasteiger partial charge in [0, 0.05) is 24.2 Å². The summed E-state index contributed by atoms with van der Waals surface area (Å²) >= 11 is 0. The van der Waals surface area contributed by atoms with E-state index in [2.05, 4.69) is 5.32 Å². The first-order valence-electron chi connectivity index (χ1n) is 7.57. The van der Waals surface area contributed by atoms with Crippen LogP contribution < -0.4 is 14.8 Å². The molecule has 0 atom stereocenters. The number of amides is 1. The monoisotopic (exact) mass is 350 g/mol. The Bertz CT molecular complexity index is 753. The van der Waals surface area contributed by atoms with Crippen molar-refractivity contribution in [3.05, 3.63) is 53.6 Å². The van der Waals surface area contributed by atoms with E-state index >= 15 is 0 Å². The summed E-state index contributed by atoms with van der Waals surface area (Å²) < 4.78 is 36.9. The van der Waals surface area contributed by atoms with Crippen LogP contribution in [0.15, 0.2) is 36.4 Å². The van der Waals surface area contributed by atoms with Crippen LogP contribution >= 0.6 is 0 Å². The predicted molar refractivity (Wildman–Crippen MR) is 90.9 cm³/mol. The van der Waals surface area contributed by atoms with Crippen LogP contribution in [0.4, 0.5) is 14.5 Å². The molecule has 1 amide bonds. The van der Waals surface area contributed by atoms with E-state index in [4.69, 9.17) is 9.47 Å². The smallest absolute Gasteiger partial charge is 0.238 e. The van der Waals surface area contributed by atoms with E-state index in [1.807, 2.05) is 0 Å². The molecule has 5 nitrogen and oxygen atoms in total. The summed E-state index contributed by atoms with van der Waals surface area (Å²) in [4.78, 5) is 13.8. The Morgan fingerprint density at radius 2 is 1.88 bits per heavy atom. The van der Waals surface area contributed by atoms with Gasteiger partial charge in [0.25, 0.3) is 0 Å². The van der Waals surface area contributed by atoms with Crippen molar-refractivity contribution < 1.29 is 23.0 Å². The highest BCUT2D eigenvalue weighted by Gasteiger charge is 2.13. The lowest BCUT2D eigenvalue weighted by atomic mass is 10.2. The lowest BCUT2D eigenvalue weighted by molar-refractivity contribution is -0.117. The van der Waals surface area contributed by atoms with E-state index in [1.54, 1.807) is 30.1 Å². The van der Waals surface area contributed by atoms with Crippen molar-refractivity contribution in [3.8, 4) is 11.5 Å². The molecule has 2 aromatic rings. The van der Waals surface area contributed by atoms with E-state index < -0.39 is 11.6 Å². The molecule has 0 aromatic heterocycles. The second kappa shape index (κ2) is 8.43. The SMILES string of the molecule is COc1ccc(NC(=O)CN(C)Cc2ccc(F)cc2F)c(OC)c1. The Balaban J connectivity index is 1.97. The quantitative estimate of drug-likeness (QED) is 0.834. The number of rotatable bonds is 7. The van der Waals surface area contributed by atoms with E-state index in [1.165, 1.54) is 26.4 Å². The average molecular weight is 350 g/mol. The summed E-state index contributed by atoms with van der Waals surface area (Å²) in [6.07, 6.45) is 0. The first kappa shape index (κ1) is 18.7. The normalized spacial score (nSPS) is 10.6. The highest BCUT2D eigenvalue weighted by atomic mass is 19.1. The van der Waals surface area contributed by atoms with Crippen LogP contribution in [-0.2, 0) is 11.3 Å². The number of carbonyl (C=O) groups is 1. The van der Waals surface area contributed by atoms with Crippen LogP contribution in [-0.4, -0.2) is 38.6 Å². The molecule has 134 valence electrons. The number of likely N-dealkylation sites (N-methyl/N-ethyl adjacent to an activating group) is 1. The Labute approximate surface area is 145 Å². The van der Waals surface area contributed by atoms with E-state index in [0.717, 1.165) is 6.07 Å². The zero-order valence-corrected chi connectivity index (χ0v) is 14.3. The van der Waals surface area contributed by atoms with Gasteiger partial charge in [-0.15, -0.1) is 0 Å². The molecule has 0 bridgehead atoms. The molecule has 0 aliphatic heterocycles. The van der Waals surface area contributed by atoms with Gasteiger partial charge in [-0.3, -0.25) is 9.69 Å². The molecule has 0 spiro atoms. The highest BCUT2D eigenvalue weighted by molar-refractivity contribution is 5.93. The maximum Gasteiger partial charge on any atom is 0.238 e. The van der Waals surface area contributed by atoms with Gasteiger partial charge in [0.2, 0.25) is 5.91 Å². The van der Waals surface area contributed by atoms with Crippen molar-refractivity contribution in [1.29, 1.82) is 0 Å². The van der Waals surface area contributed by atoms with Gasteiger partial charge in [-0.05, 0) is 25.2 Å². The summed E-state index contributed by atoms with van der Waals surface area (Å²) in [6, 6.07) is 8.42. The minimum atomic E-state index is -0.635. The van der Waals surface area contributed by atoms with Crippen molar-refractivity contribution in [2.75, 3.05) is 33.1 Å². The molecule has 0 unspecified atom stereocenters. The third kappa shape index (κ3) is 5.15. The number of benzene rings is 2. The third-order valence-corrected chi connectivity index (χ3v) is 3.55. The van der Waals surface area contributed by atoms with Gasteiger partial charge in [0.05, 0.1) is 26.5 Å². The topological polar surface area (TPSA) is 50.8 Å². The zero-order valence-electron chi connectivity index (χ0n) is 14.3. The van der Waals surface area contributed by atoms with Crippen LogP contribution in [0.3, 0.4) is 0 Å². The second-order valence-electron chi connectivity index (χ2n) is 5.52. The van der Waals surface area contributed by atoms with E-state index in [-0.39, 0.29) is 19.0 Å². The number of hydrogen-bond acceptors (Lipinski definition) is 4. The first-order chi connectivity index (χ1) is 11.9. The van der Waals surface area contributed by atoms with Gasteiger partial charge in [-0.25, -0.2) is 8.78 Å². The predicted octanol–water partition coefficient (Wildman–Crippen LogP) is 3.05. The number of hydrogen-bond donors (Lipinski definition) is 1. The molecular weight excluding hydrogens is 330 g/mol. The second-order valence-corrected chi connectivity index (χ2v) is 5.52. The fourth-order valence-electron chi connectivity index (χ4n) is 2.33. The maximum absolute atomic E-state index is 13.7. The van der Waals surface area contributed by atoms with Gasteiger partial charge in [-0.2, -0.15) is 0 Å². The number of anilines is 1. The molecule has 7 heteroatoms. The maximum atomic E-state index is 13.7. The Morgan fingerprint density at radius 1 is 1.12 bits per heavy atom.